The summed E-state index contributed by atoms with van der Waals surface area (Å²) in [5.74, 6) is -0.809. The van der Waals surface area contributed by atoms with Crippen LogP contribution in [0.15, 0.2) is 60.7 Å². The number of benzene rings is 2. The normalized spacial score (nSPS) is 12.0. The van der Waals surface area contributed by atoms with Gasteiger partial charge in [0.15, 0.2) is 0 Å². The van der Waals surface area contributed by atoms with Crippen LogP contribution in [0.4, 0.5) is 26.3 Å². The molecule has 3 rings (SSSR count). The Morgan fingerprint density at radius 2 is 1.21 bits per heavy atom. The number of rotatable bonds is 4. The average Bonchev–Trinajstić information content (AvgIpc) is 2.59. The van der Waals surface area contributed by atoms with Crippen LogP contribution in [0.3, 0.4) is 0 Å². The topological polar surface area (TPSA) is 31.4 Å². The minimum absolute atomic E-state index is 0.329. The molecule has 1 aromatic heterocycles. The first-order chi connectivity index (χ1) is 13.5. The first-order valence-electron chi connectivity index (χ1n) is 7.89. The summed E-state index contributed by atoms with van der Waals surface area (Å²) in [6.45, 7) is 0. The second kappa shape index (κ2) is 8.09. The highest BCUT2D eigenvalue weighted by molar-refractivity contribution is 14.1. The number of hydrogen-bond donors (Lipinski definition) is 0. The van der Waals surface area contributed by atoms with Gasteiger partial charge in [0, 0.05) is 14.7 Å². The monoisotopic (exact) mass is 525 g/mol. The van der Waals surface area contributed by atoms with E-state index in [1.807, 2.05) is 22.6 Å². The number of pyridine rings is 1. The largest absolute Gasteiger partial charge is 0.573 e. The maximum Gasteiger partial charge on any atom is 0.573 e. The third-order valence-electron chi connectivity index (χ3n) is 3.55. The minimum Gasteiger partial charge on any atom is -0.406 e. The van der Waals surface area contributed by atoms with E-state index in [4.69, 9.17) is 0 Å². The van der Waals surface area contributed by atoms with Gasteiger partial charge in [0.1, 0.15) is 11.5 Å². The summed E-state index contributed by atoms with van der Waals surface area (Å²) in [6.07, 6.45) is -9.66. The van der Waals surface area contributed by atoms with Crippen molar-refractivity contribution in [1.29, 1.82) is 0 Å². The molecule has 0 radical (unpaired) electrons. The summed E-state index contributed by atoms with van der Waals surface area (Å²) in [6, 6.07) is 13.8. The van der Waals surface area contributed by atoms with Crippen LogP contribution in [-0.2, 0) is 0 Å². The van der Waals surface area contributed by atoms with Gasteiger partial charge in [0.25, 0.3) is 0 Å². The van der Waals surface area contributed by atoms with Crippen molar-refractivity contribution in [2.24, 2.45) is 0 Å². The lowest BCUT2D eigenvalue weighted by Gasteiger charge is -2.12. The Morgan fingerprint density at radius 3 is 1.76 bits per heavy atom. The van der Waals surface area contributed by atoms with Crippen molar-refractivity contribution in [3.63, 3.8) is 0 Å². The van der Waals surface area contributed by atoms with Crippen molar-refractivity contribution >= 4 is 22.6 Å². The summed E-state index contributed by atoms with van der Waals surface area (Å²) in [7, 11) is 0. The van der Waals surface area contributed by atoms with E-state index < -0.39 is 24.2 Å². The molecule has 0 atom stereocenters. The highest BCUT2D eigenvalue weighted by Crippen LogP contribution is 2.32. The smallest absolute Gasteiger partial charge is 0.406 e. The molecule has 0 fully saturated rings. The second-order valence-corrected chi connectivity index (χ2v) is 6.84. The van der Waals surface area contributed by atoms with E-state index in [1.54, 1.807) is 24.3 Å². The standard InChI is InChI=1S/C19H10F6INO2/c20-18(21,22)28-13-5-1-3-11(9-13)16-8-7-15(26)17(27-16)12-4-2-6-14(10-12)29-19(23,24)25/h1-10H. The molecule has 1 heterocycles. The molecular formula is C19H10F6INO2. The molecule has 0 unspecified atom stereocenters. The van der Waals surface area contributed by atoms with E-state index in [0.717, 1.165) is 12.1 Å². The second-order valence-electron chi connectivity index (χ2n) is 5.68. The summed E-state index contributed by atoms with van der Waals surface area (Å²) in [5.41, 5.74) is 1.40. The van der Waals surface area contributed by atoms with E-state index in [-0.39, 0.29) is 0 Å². The molecule has 2 aromatic carbocycles. The number of halogens is 7. The van der Waals surface area contributed by atoms with Gasteiger partial charge in [-0.05, 0) is 59.0 Å². The lowest BCUT2D eigenvalue weighted by atomic mass is 10.1. The Balaban J connectivity index is 1.98. The van der Waals surface area contributed by atoms with Crippen LogP contribution < -0.4 is 9.47 Å². The van der Waals surface area contributed by atoms with Gasteiger partial charge in [-0.1, -0.05) is 24.3 Å². The van der Waals surface area contributed by atoms with E-state index in [9.17, 15) is 26.3 Å². The number of nitrogens with zero attached hydrogens (tertiary/aromatic N) is 1. The van der Waals surface area contributed by atoms with Gasteiger partial charge in [-0.3, -0.25) is 0 Å². The van der Waals surface area contributed by atoms with Crippen LogP contribution >= 0.6 is 22.6 Å². The number of ether oxygens (including phenoxy) is 2. The van der Waals surface area contributed by atoms with Crippen molar-refractivity contribution in [2.45, 2.75) is 12.7 Å². The van der Waals surface area contributed by atoms with Gasteiger partial charge in [-0.15, -0.1) is 26.3 Å². The predicted molar refractivity (Wildman–Crippen MR) is 101 cm³/mol. The molecular weight excluding hydrogens is 515 g/mol. The molecule has 3 nitrogen and oxygen atoms in total. The zero-order chi connectivity index (χ0) is 21.2. The third-order valence-corrected chi connectivity index (χ3v) is 4.42. The molecule has 3 aromatic rings. The molecule has 0 spiro atoms. The minimum atomic E-state index is -4.83. The van der Waals surface area contributed by atoms with Crippen molar-refractivity contribution in [2.75, 3.05) is 0 Å². The quantitative estimate of drug-likeness (QED) is 0.277. The third kappa shape index (κ3) is 5.99. The molecule has 0 bridgehead atoms. The first kappa shape index (κ1) is 21.2. The molecule has 0 saturated heterocycles. The van der Waals surface area contributed by atoms with Gasteiger partial charge in [-0.2, -0.15) is 0 Å². The fourth-order valence-electron chi connectivity index (χ4n) is 2.50. The van der Waals surface area contributed by atoms with E-state index >= 15 is 0 Å². The number of alkyl halides is 6. The lowest BCUT2D eigenvalue weighted by Crippen LogP contribution is -2.17. The molecule has 0 amide bonds. The Kier molecular flexibility index (Phi) is 5.92. The molecule has 29 heavy (non-hydrogen) atoms. The Bertz CT molecular complexity index is 1020. The van der Waals surface area contributed by atoms with Gasteiger partial charge in [0.05, 0.1) is 11.4 Å². The highest BCUT2D eigenvalue weighted by Gasteiger charge is 2.32. The molecule has 10 heteroatoms. The van der Waals surface area contributed by atoms with Crippen LogP contribution in [0.25, 0.3) is 22.5 Å². The van der Waals surface area contributed by atoms with Crippen molar-refractivity contribution in [3.05, 3.63) is 64.2 Å². The van der Waals surface area contributed by atoms with Gasteiger partial charge < -0.3 is 9.47 Å². The Hall–Kier alpha value is -2.50. The lowest BCUT2D eigenvalue weighted by molar-refractivity contribution is -0.275. The van der Waals surface area contributed by atoms with Gasteiger partial charge in [0.2, 0.25) is 0 Å². The average molecular weight is 525 g/mol. The molecule has 152 valence electrons. The van der Waals surface area contributed by atoms with Crippen LogP contribution in [0.1, 0.15) is 0 Å². The fourth-order valence-corrected chi connectivity index (χ4v) is 3.11. The molecule has 0 N–H and O–H groups in total. The van der Waals surface area contributed by atoms with Crippen LogP contribution in [0, 0.1) is 3.57 Å². The Labute approximate surface area is 174 Å². The number of hydrogen-bond acceptors (Lipinski definition) is 3. The molecule has 0 aliphatic rings. The summed E-state index contributed by atoms with van der Waals surface area (Å²) in [5, 5.41) is 0. The Morgan fingerprint density at radius 1 is 0.690 bits per heavy atom. The van der Waals surface area contributed by atoms with Crippen molar-refractivity contribution < 1.29 is 35.8 Å². The van der Waals surface area contributed by atoms with Crippen LogP contribution in [-0.4, -0.2) is 17.7 Å². The van der Waals surface area contributed by atoms with E-state index in [0.29, 0.717) is 26.1 Å². The predicted octanol–water partition coefficient (Wildman–Crippen LogP) is 6.82. The highest BCUT2D eigenvalue weighted by atomic mass is 127. The summed E-state index contributed by atoms with van der Waals surface area (Å²) in [4.78, 5) is 4.41. The van der Waals surface area contributed by atoms with Crippen molar-refractivity contribution in [1.82, 2.24) is 4.98 Å². The van der Waals surface area contributed by atoms with Gasteiger partial charge in [-0.25, -0.2) is 4.98 Å². The maximum atomic E-state index is 12.5. The number of aromatic nitrogens is 1. The fraction of sp³-hybridized carbons (Fsp3) is 0.105. The first-order valence-corrected chi connectivity index (χ1v) is 8.97. The zero-order valence-electron chi connectivity index (χ0n) is 14.2. The summed E-state index contributed by atoms with van der Waals surface area (Å²) < 4.78 is 83.2. The SMILES string of the molecule is FC(F)(F)Oc1cccc(-c2ccc(I)c(-c3cccc(OC(F)(F)F)c3)n2)c1. The van der Waals surface area contributed by atoms with E-state index in [1.165, 1.54) is 24.3 Å². The molecule has 0 aliphatic carbocycles. The van der Waals surface area contributed by atoms with E-state index in [2.05, 4.69) is 14.5 Å². The summed E-state index contributed by atoms with van der Waals surface area (Å²) >= 11 is 1.97. The maximum absolute atomic E-state index is 12.5. The van der Waals surface area contributed by atoms with Gasteiger partial charge >= 0.3 is 12.7 Å². The van der Waals surface area contributed by atoms with Crippen molar-refractivity contribution in [3.8, 4) is 34.0 Å². The molecule has 0 aliphatic heterocycles. The molecule has 0 saturated carbocycles. The zero-order valence-corrected chi connectivity index (χ0v) is 16.3. The van der Waals surface area contributed by atoms with Crippen LogP contribution in [0.5, 0.6) is 11.5 Å². The van der Waals surface area contributed by atoms with Crippen LogP contribution in [0.2, 0.25) is 0 Å².